The van der Waals surface area contributed by atoms with Gasteiger partial charge in [0.25, 0.3) is 5.91 Å². The molecule has 0 bridgehead atoms. The molecule has 0 radical (unpaired) electrons. The molecule has 7 nitrogen and oxygen atoms in total. The van der Waals surface area contributed by atoms with Crippen LogP contribution in [0.4, 0.5) is 0 Å². The number of rotatable bonds is 4. The molecule has 1 fully saturated rings. The highest BCUT2D eigenvalue weighted by atomic mass is 16.2. The molecule has 0 spiro atoms. The maximum absolute atomic E-state index is 12.8. The van der Waals surface area contributed by atoms with Gasteiger partial charge in [0.2, 0.25) is 5.91 Å². The lowest BCUT2D eigenvalue weighted by atomic mass is 10.0. The first-order valence-electron chi connectivity index (χ1n) is 9.50. The molecule has 3 aromatic rings. The number of pyridine rings is 1. The first-order valence-corrected chi connectivity index (χ1v) is 9.50. The first-order chi connectivity index (χ1) is 13.6. The maximum atomic E-state index is 12.8. The number of para-hydroxylation sites is 1. The quantitative estimate of drug-likeness (QED) is 0.753. The Bertz CT molecular complexity index is 999. The molecule has 0 atom stereocenters. The van der Waals surface area contributed by atoms with E-state index in [1.807, 2.05) is 35.2 Å². The third-order valence-corrected chi connectivity index (χ3v) is 5.21. The predicted molar refractivity (Wildman–Crippen MR) is 106 cm³/mol. The van der Waals surface area contributed by atoms with Crippen molar-refractivity contribution < 1.29 is 9.59 Å². The Morgan fingerprint density at radius 1 is 1.18 bits per heavy atom. The molecule has 1 aromatic carbocycles. The fraction of sp³-hybridized carbons (Fsp3) is 0.333. The summed E-state index contributed by atoms with van der Waals surface area (Å²) in [6.07, 6.45) is 6.88. The van der Waals surface area contributed by atoms with Crippen LogP contribution in [0.25, 0.3) is 10.9 Å². The van der Waals surface area contributed by atoms with E-state index in [1.165, 1.54) is 0 Å². The van der Waals surface area contributed by atoms with Crippen LogP contribution in [0.15, 0.2) is 48.9 Å². The van der Waals surface area contributed by atoms with Gasteiger partial charge in [-0.05, 0) is 24.5 Å². The molecule has 0 aliphatic carbocycles. The molecule has 28 heavy (non-hydrogen) atoms. The number of amides is 2. The number of fused-ring (bicyclic) bond motifs is 1. The molecule has 144 valence electrons. The number of nitrogens with one attached hydrogen (secondary N) is 1. The molecule has 1 N–H and O–H groups in total. The van der Waals surface area contributed by atoms with Gasteiger partial charge in [-0.2, -0.15) is 5.10 Å². The number of likely N-dealkylation sites (tertiary alicyclic amines) is 1. The second-order valence-electron chi connectivity index (χ2n) is 7.20. The first kappa shape index (κ1) is 18.2. The van der Waals surface area contributed by atoms with E-state index in [0.29, 0.717) is 25.1 Å². The standard InChI is InChI=1S/C21H23N5O2/c1-25-14-17(13-23-25)21(28)24-18-7-10-26(11-8-18)19(27)12-16-5-2-4-15-6-3-9-22-20(15)16/h2-6,9,13-14,18H,7-8,10-12H2,1H3,(H,24,28). The van der Waals surface area contributed by atoms with Crippen molar-refractivity contribution in [2.45, 2.75) is 25.3 Å². The fourth-order valence-corrected chi connectivity index (χ4v) is 3.67. The summed E-state index contributed by atoms with van der Waals surface area (Å²) in [7, 11) is 1.78. The third kappa shape index (κ3) is 3.88. The number of hydrogen-bond donors (Lipinski definition) is 1. The summed E-state index contributed by atoms with van der Waals surface area (Å²) in [6, 6.07) is 9.93. The maximum Gasteiger partial charge on any atom is 0.254 e. The number of aromatic nitrogens is 3. The molecule has 4 rings (SSSR count). The van der Waals surface area contributed by atoms with Crippen molar-refractivity contribution in [3.8, 4) is 0 Å². The number of piperidine rings is 1. The lowest BCUT2D eigenvalue weighted by Crippen LogP contribution is -2.46. The zero-order valence-corrected chi connectivity index (χ0v) is 15.8. The zero-order chi connectivity index (χ0) is 19.5. The summed E-state index contributed by atoms with van der Waals surface area (Å²) >= 11 is 0. The van der Waals surface area contributed by atoms with E-state index in [0.717, 1.165) is 29.3 Å². The fourth-order valence-electron chi connectivity index (χ4n) is 3.67. The van der Waals surface area contributed by atoms with Crippen LogP contribution in [0.5, 0.6) is 0 Å². The molecule has 3 heterocycles. The van der Waals surface area contributed by atoms with Crippen LogP contribution in [0, 0.1) is 0 Å². The van der Waals surface area contributed by atoms with Crippen molar-refractivity contribution in [1.29, 1.82) is 0 Å². The Hall–Kier alpha value is -3.22. The van der Waals surface area contributed by atoms with Gasteiger partial charge >= 0.3 is 0 Å². The van der Waals surface area contributed by atoms with Gasteiger partial charge in [0.05, 0.1) is 23.7 Å². The van der Waals surface area contributed by atoms with Crippen LogP contribution in [-0.4, -0.2) is 50.6 Å². The van der Waals surface area contributed by atoms with E-state index in [-0.39, 0.29) is 17.9 Å². The lowest BCUT2D eigenvalue weighted by Gasteiger charge is -2.32. The average molecular weight is 377 g/mol. The van der Waals surface area contributed by atoms with Crippen molar-refractivity contribution in [3.63, 3.8) is 0 Å². The zero-order valence-electron chi connectivity index (χ0n) is 15.8. The van der Waals surface area contributed by atoms with Gasteiger partial charge in [-0.1, -0.05) is 24.3 Å². The Balaban J connectivity index is 1.33. The van der Waals surface area contributed by atoms with Crippen LogP contribution < -0.4 is 5.32 Å². The van der Waals surface area contributed by atoms with E-state index < -0.39 is 0 Å². The molecule has 0 saturated carbocycles. The Morgan fingerprint density at radius 2 is 1.96 bits per heavy atom. The van der Waals surface area contributed by atoms with Gasteiger partial charge in [-0.15, -0.1) is 0 Å². The van der Waals surface area contributed by atoms with Gasteiger partial charge < -0.3 is 10.2 Å². The van der Waals surface area contributed by atoms with Crippen LogP contribution in [0.2, 0.25) is 0 Å². The van der Waals surface area contributed by atoms with Crippen LogP contribution >= 0.6 is 0 Å². The van der Waals surface area contributed by atoms with Gasteiger partial charge in [0, 0.05) is 44.0 Å². The smallest absolute Gasteiger partial charge is 0.254 e. The van der Waals surface area contributed by atoms with E-state index in [2.05, 4.69) is 15.4 Å². The third-order valence-electron chi connectivity index (χ3n) is 5.21. The van der Waals surface area contributed by atoms with Crippen LogP contribution in [0.1, 0.15) is 28.8 Å². The number of aryl methyl sites for hydroxylation is 1. The summed E-state index contributed by atoms with van der Waals surface area (Å²) in [4.78, 5) is 31.3. The topological polar surface area (TPSA) is 80.1 Å². The number of carbonyl (C=O) groups excluding carboxylic acids is 2. The summed E-state index contributed by atoms with van der Waals surface area (Å²) in [5.74, 6) is -0.00473. The molecule has 2 amide bonds. The summed E-state index contributed by atoms with van der Waals surface area (Å²) in [5.41, 5.74) is 2.40. The minimum Gasteiger partial charge on any atom is -0.349 e. The Morgan fingerprint density at radius 3 is 2.71 bits per heavy atom. The van der Waals surface area contributed by atoms with E-state index in [9.17, 15) is 9.59 Å². The van der Waals surface area contributed by atoms with Crippen molar-refractivity contribution in [1.82, 2.24) is 25.0 Å². The molecule has 1 aliphatic rings. The number of hydrogen-bond acceptors (Lipinski definition) is 4. The van der Waals surface area contributed by atoms with Crippen LogP contribution in [-0.2, 0) is 18.3 Å². The van der Waals surface area contributed by atoms with Crippen molar-refractivity contribution in [2.75, 3.05) is 13.1 Å². The van der Waals surface area contributed by atoms with Crippen molar-refractivity contribution >= 4 is 22.7 Å². The van der Waals surface area contributed by atoms with Gasteiger partial charge in [-0.25, -0.2) is 0 Å². The minimum absolute atomic E-state index is 0.0796. The molecule has 1 saturated heterocycles. The van der Waals surface area contributed by atoms with Gasteiger partial charge in [-0.3, -0.25) is 19.3 Å². The second kappa shape index (κ2) is 7.80. The average Bonchev–Trinajstić information content (AvgIpc) is 3.15. The normalized spacial score (nSPS) is 15.0. The van der Waals surface area contributed by atoms with Crippen molar-refractivity contribution in [3.05, 3.63) is 60.0 Å². The largest absolute Gasteiger partial charge is 0.349 e. The van der Waals surface area contributed by atoms with E-state index in [4.69, 9.17) is 0 Å². The number of benzene rings is 1. The summed E-state index contributed by atoms with van der Waals surface area (Å²) in [6.45, 7) is 1.30. The molecule has 2 aromatic heterocycles. The molecular formula is C21H23N5O2. The lowest BCUT2D eigenvalue weighted by molar-refractivity contribution is -0.131. The highest BCUT2D eigenvalue weighted by Gasteiger charge is 2.24. The van der Waals surface area contributed by atoms with Gasteiger partial charge in [0.1, 0.15) is 0 Å². The van der Waals surface area contributed by atoms with E-state index in [1.54, 1.807) is 30.3 Å². The van der Waals surface area contributed by atoms with Crippen LogP contribution in [0.3, 0.4) is 0 Å². The summed E-state index contributed by atoms with van der Waals surface area (Å²) < 4.78 is 1.61. The van der Waals surface area contributed by atoms with Crippen molar-refractivity contribution in [2.24, 2.45) is 7.05 Å². The number of nitrogens with zero attached hydrogens (tertiary/aromatic N) is 4. The monoisotopic (exact) mass is 377 g/mol. The second-order valence-corrected chi connectivity index (χ2v) is 7.20. The molecular weight excluding hydrogens is 354 g/mol. The van der Waals surface area contributed by atoms with E-state index >= 15 is 0 Å². The Kier molecular flexibility index (Phi) is 5.06. The SMILES string of the molecule is Cn1cc(C(=O)NC2CCN(C(=O)Cc3cccc4cccnc34)CC2)cn1. The predicted octanol–water partition coefficient (Wildman–Crippen LogP) is 1.93. The summed E-state index contributed by atoms with van der Waals surface area (Å²) in [5, 5.41) is 8.11. The molecule has 1 aliphatic heterocycles. The highest BCUT2D eigenvalue weighted by Crippen LogP contribution is 2.18. The Labute approximate surface area is 163 Å². The van der Waals surface area contributed by atoms with Gasteiger partial charge in [0.15, 0.2) is 0 Å². The minimum atomic E-state index is -0.111. The molecule has 7 heteroatoms. The molecule has 0 unspecified atom stereocenters. The number of carbonyl (C=O) groups is 2. The highest BCUT2D eigenvalue weighted by molar-refractivity contribution is 5.94.